The number of aliphatic hydroxyl groups is 1. The average molecular weight is 512 g/mol. The van der Waals surface area contributed by atoms with Crippen LogP contribution in [0.4, 0.5) is 5.69 Å². The summed E-state index contributed by atoms with van der Waals surface area (Å²) in [6.45, 7) is 7.71. The van der Waals surface area contributed by atoms with Gasteiger partial charge in [-0.1, -0.05) is 30.3 Å². The van der Waals surface area contributed by atoms with Crippen molar-refractivity contribution in [2.75, 3.05) is 12.0 Å². The van der Waals surface area contributed by atoms with Crippen LogP contribution in [0.3, 0.4) is 0 Å². The molecule has 0 radical (unpaired) electrons. The number of para-hydroxylation sites is 1. The number of fused-ring (bicyclic) bond motifs is 1. The van der Waals surface area contributed by atoms with E-state index in [4.69, 9.17) is 13.9 Å². The molecule has 1 unspecified atom stereocenters. The Morgan fingerprint density at radius 3 is 2.39 bits per heavy atom. The Labute approximate surface area is 220 Å². The van der Waals surface area contributed by atoms with Crippen molar-refractivity contribution in [1.82, 2.24) is 0 Å². The average Bonchev–Trinajstić information content (AvgIpc) is 3.42. The molecule has 0 saturated carbocycles. The maximum absolute atomic E-state index is 14.0. The molecule has 1 aliphatic heterocycles. The van der Waals surface area contributed by atoms with Gasteiger partial charge in [0.1, 0.15) is 5.75 Å². The number of carbonyl (C=O) groups excluding carboxylic acids is 2. The topological polar surface area (TPSA) is 89.2 Å². The highest BCUT2D eigenvalue weighted by molar-refractivity contribution is 6.20. The van der Waals surface area contributed by atoms with Crippen molar-refractivity contribution in [2.24, 2.45) is 0 Å². The first-order valence-electron chi connectivity index (χ1n) is 12.4. The number of amides is 1. The number of methoxy groups -OCH3 is 1. The quantitative estimate of drug-likeness (QED) is 0.280. The fourth-order valence-electron chi connectivity index (χ4n) is 4.98. The van der Waals surface area contributed by atoms with Crippen LogP contribution < -0.4 is 14.4 Å². The molecule has 38 heavy (non-hydrogen) atoms. The lowest BCUT2D eigenvalue weighted by Crippen LogP contribution is -2.31. The zero-order valence-corrected chi connectivity index (χ0v) is 21.9. The second-order valence-electron chi connectivity index (χ2n) is 9.74. The normalized spacial score (nSPS) is 15.6. The van der Waals surface area contributed by atoms with Crippen molar-refractivity contribution in [3.05, 3.63) is 101 Å². The third-order valence-corrected chi connectivity index (χ3v) is 6.43. The van der Waals surface area contributed by atoms with Gasteiger partial charge in [0.15, 0.2) is 22.9 Å². The van der Waals surface area contributed by atoms with Crippen LogP contribution in [0.25, 0.3) is 11.0 Å². The number of ketones is 1. The molecule has 0 aliphatic carbocycles. The molecule has 1 aromatic heterocycles. The molecule has 0 fully saturated rings. The minimum Gasteiger partial charge on any atom is -0.503 e. The number of nitrogens with zero attached hydrogens (tertiary/aromatic N) is 1. The molecule has 1 amide bonds. The van der Waals surface area contributed by atoms with Gasteiger partial charge in [0.25, 0.3) is 5.91 Å². The largest absolute Gasteiger partial charge is 0.503 e. The molecule has 1 atom stereocenters. The molecular weight excluding hydrogens is 482 g/mol. The summed E-state index contributed by atoms with van der Waals surface area (Å²) >= 11 is 0. The van der Waals surface area contributed by atoms with E-state index in [0.717, 1.165) is 11.1 Å². The minimum atomic E-state index is -0.901. The maximum Gasteiger partial charge on any atom is 0.294 e. The van der Waals surface area contributed by atoms with E-state index >= 15 is 0 Å². The molecule has 2 heterocycles. The van der Waals surface area contributed by atoms with Gasteiger partial charge in [-0.25, -0.2) is 0 Å². The lowest BCUT2D eigenvalue weighted by molar-refractivity contribution is -0.117. The zero-order valence-electron chi connectivity index (χ0n) is 21.9. The first-order valence-corrected chi connectivity index (χ1v) is 12.4. The molecule has 3 aromatic carbocycles. The van der Waals surface area contributed by atoms with Gasteiger partial charge in [-0.2, -0.15) is 0 Å². The predicted octanol–water partition coefficient (Wildman–Crippen LogP) is 6.63. The van der Waals surface area contributed by atoms with E-state index in [9.17, 15) is 14.7 Å². The first-order chi connectivity index (χ1) is 18.2. The summed E-state index contributed by atoms with van der Waals surface area (Å²) in [6.07, 6.45) is -0.0680. The van der Waals surface area contributed by atoms with Gasteiger partial charge < -0.3 is 19.0 Å². The molecule has 1 aliphatic rings. The van der Waals surface area contributed by atoms with Crippen LogP contribution >= 0.6 is 0 Å². The number of aliphatic hydroxyl groups excluding tert-OH is 1. The molecule has 194 valence electrons. The molecule has 5 rings (SSSR count). The van der Waals surface area contributed by atoms with Gasteiger partial charge in [-0.3, -0.25) is 14.5 Å². The van der Waals surface area contributed by atoms with E-state index in [2.05, 4.69) is 0 Å². The summed E-state index contributed by atoms with van der Waals surface area (Å²) in [5, 5.41) is 11.8. The Hall–Kier alpha value is -4.52. The number of carbonyl (C=O) groups is 2. The molecule has 0 saturated heterocycles. The number of furan rings is 1. The molecule has 0 bridgehead atoms. The molecule has 7 nitrogen and oxygen atoms in total. The van der Waals surface area contributed by atoms with Crippen LogP contribution in [0.1, 0.15) is 47.1 Å². The summed E-state index contributed by atoms with van der Waals surface area (Å²) in [6, 6.07) is 19.0. The summed E-state index contributed by atoms with van der Waals surface area (Å²) < 4.78 is 17.2. The monoisotopic (exact) mass is 511 g/mol. The molecule has 4 aromatic rings. The Bertz CT molecular complexity index is 1570. The van der Waals surface area contributed by atoms with E-state index in [1.807, 2.05) is 58.0 Å². The third-order valence-electron chi connectivity index (χ3n) is 6.43. The number of aryl methyl sites for hydroxylation is 2. The van der Waals surface area contributed by atoms with Crippen molar-refractivity contribution >= 4 is 28.3 Å². The lowest BCUT2D eigenvalue weighted by atomic mass is 9.94. The van der Waals surface area contributed by atoms with Crippen LogP contribution in [0.15, 0.2) is 82.5 Å². The second-order valence-corrected chi connectivity index (χ2v) is 9.74. The predicted molar refractivity (Wildman–Crippen MR) is 145 cm³/mol. The number of Topliss-reactive ketones (excluding diaryl/α,β-unsaturated/α-hetero) is 1. The maximum atomic E-state index is 14.0. The lowest BCUT2D eigenvalue weighted by Gasteiger charge is -2.28. The van der Waals surface area contributed by atoms with E-state index in [-0.39, 0.29) is 17.4 Å². The second kappa shape index (κ2) is 9.74. The van der Waals surface area contributed by atoms with E-state index in [1.54, 1.807) is 36.4 Å². The van der Waals surface area contributed by atoms with E-state index < -0.39 is 23.5 Å². The van der Waals surface area contributed by atoms with Crippen LogP contribution in [-0.2, 0) is 4.79 Å². The van der Waals surface area contributed by atoms with Gasteiger partial charge in [-0.05, 0) is 80.8 Å². The molecular formula is C31H29NO6. The minimum absolute atomic E-state index is 0.000655. The highest BCUT2D eigenvalue weighted by atomic mass is 16.5. The fraction of sp³-hybridized carbons (Fsp3) is 0.226. The van der Waals surface area contributed by atoms with Crippen molar-refractivity contribution in [2.45, 2.75) is 39.8 Å². The summed E-state index contributed by atoms with van der Waals surface area (Å²) in [4.78, 5) is 29.0. The molecule has 7 heteroatoms. The van der Waals surface area contributed by atoms with Crippen LogP contribution in [0.2, 0.25) is 0 Å². The van der Waals surface area contributed by atoms with Gasteiger partial charge in [0.2, 0.25) is 5.78 Å². The Morgan fingerprint density at radius 2 is 1.71 bits per heavy atom. The van der Waals surface area contributed by atoms with Gasteiger partial charge in [0, 0.05) is 11.1 Å². The summed E-state index contributed by atoms with van der Waals surface area (Å²) in [5.74, 6) is -0.776. The van der Waals surface area contributed by atoms with E-state index in [0.29, 0.717) is 33.7 Å². The standard InChI is InChI=1S/C31H29NO6/c1-17(2)37-23-10-6-8-20(15-23)27-26(28(33)25-16-21-9-7-11-24(36-5)30(21)38-25)29(34)31(35)32(27)22-13-18(3)12-19(4)14-22/h6-17,27,34H,1-5H3. The molecule has 1 N–H and O–H groups in total. The third kappa shape index (κ3) is 4.41. The number of benzene rings is 3. The van der Waals surface area contributed by atoms with Crippen molar-refractivity contribution in [3.8, 4) is 11.5 Å². The fourth-order valence-corrected chi connectivity index (χ4v) is 4.98. The number of ether oxygens (including phenoxy) is 2. The zero-order chi connectivity index (χ0) is 27.1. The van der Waals surface area contributed by atoms with Crippen molar-refractivity contribution in [1.29, 1.82) is 0 Å². The Kier molecular flexibility index (Phi) is 6.45. The number of hydrogen-bond donors (Lipinski definition) is 1. The number of rotatable bonds is 7. The smallest absolute Gasteiger partial charge is 0.294 e. The summed E-state index contributed by atoms with van der Waals surface area (Å²) in [5.41, 5.74) is 3.45. The highest BCUT2D eigenvalue weighted by Gasteiger charge is 2.45. The van der Waals surface area contributed by atoms with Gasteiger partial charge in [0.05, 0.1) is 24.8 Å². The van der Waals surface area contributed by atoms with Gasteiger partial charge in [-0.15, -0.1) is 0 Å². The highest BCUT2D eigenvalue weighted by Crippen LogP contribution is 2.43. The Morgan fingerprint density at radius 1 is 1.00 bits per heavy atom. The van der Waals surface area contributed by atoms with Crippen LogP contribution in [0, 0.1) is 13.8 Å². The van der Waals surface area contributed by atoms with Crippen molar-refractivity contribution in [3.63, 3.8) is 0 Å². The van der Waals surface area contributed by atoms with Crippen molar-refractivity contribution < 1.29 is 28.6 Å². The Balaban J connectivity index is 1.68. The van der Waals surface area contributed by atoms with Crippen LogP contribution in [0.5, 0.6) is 11.5 Å². The van der Waals surface area contributed by atoms with Gasteiger partial charge >= 0.3 is 0 Å². The molecule has 0 spiro atoms. The summed E-state index contributed by atoms with van der Waals surface area (Å²) in [7, 11) is 1.52. The number of hydrogen-bond acceptors (Lipinski definition) is 6. The number of anilines is 1. The van der Waals surface area contributed by atoms with E-state index in [1.165, 1.54) is 12.0 Å². The SMILES string of the molecule is COc1cccc2cc(C(=O)C3=C(O)C(=O)N(c4cc(C)cc(C)c4)C3c3cccc(OC(C)C)c3)oc12. The first kappa shape index (κ1) is 25.1. The van der Waals surface area contributed by atoms with Crippen LogP contribution in [-0.4, -0.2) is 30.0 Å².